The van der Waals surface area contributed by atoms with Gasteiger partial charge in [0.1, 0.15) is 6.61 Å². The number of halogens is 1. The van der Waals surface area contributed by atoms with Gasteiger partial charge in [-0.1, -0.05) is 23.7 Å². The molecule has 0 bridgehead atoms. The van der Waals surface area contributed by atoms with Gasteiger partial charge in [-0.15, -0.1) is 0 Å². The topological polar surface area (TPSA) is 51.2 Å². The molecule has 2 heterocycles. The number of fused-ring (bicyclic) bond motifs is 1. The van der Waals surface area contributed by atoms with E-state index in [0.29, 0.717) is 23.1 Å². The summed E-state index contributed by atoms with van der Waals surface area (Å²) in [5, 5.41) is 0.651. The highest BCUT2D eigenvalue weighted by Gasteiger charge is 2.36. The third-order valence-electron chi connectivity index (χ3n) is 6.87. The number of anilines is 2. The lowest BCUT2D eigenvalue weighted by Gasteiger charge is -2.38. The summed E-state index contributed by atoms with van der Waals surface area (Å²) in [6, 6.07) is 19.4. The van der Waals surface area contributed by atoms with Gasteiger partial charge in [-0.25, -0.2) is 0 Å². The fraction of sp³-hybridized carbons (Fsp3) is 0.345. The van der Waals surface area contributed by atoms with Crippen LogP contribution < -0.4 is 19.3 Å². The van der Waals surface area contributed by atoms with E-state index in [0.717, 1.165) is 47.5 Å². The van der Waals surface area contributed by atoms with Crippen LogP contribution >= 0.6 is 11.6 Å². The van der Waals surface area contributed by atoms with Gasteiger partial charge in [0.15, 0.2) is 11.5 Å². The number of carbonyl (C=O) groups excluding carboxylic acids is 1. The number of methoxy groups -OCH3 is 1. The van der Waals surface area contributed by atoms with Gasteiger partial charge in [0, 0.05) is 37.1 Å². The molecule has 0 unspecified atom stereocenters. The van der Waals surface area contributed by atoms with Crippen LogP contribution in [0.15, 0.2) is 60.7 Å². The summed E-state index contributed by atoms with van der Waals surface area (Å²) in [6.45, 7) is 1.24. The number of ether oxygens (including phenoxy) is 3. The van der Waals surface area contributed by atoms with Crippen molar-refractivity contribution in [3.63, 3.8) is 0 Å². The van der Waals surface area contributed by atoms with E-state index < -0.39 is 0 Å². The molecule has 6 nitrogen and oxygen atoms in total. The van der Waals surface area contributed by atoms with Crippen molar-refractivity contribution in [2.75, 3.05) is 44.2 Å². The van der Waals surface area contributed by atoms with Gasteiger partial charge in [-0.05, 0) is 78.1 Å². The first-order valence-electron chi connectivity index (χ1n) is 12.2. The normalized spacial score (nSPS) is 19.2. The lowest BCUT2D eigenvalue weighted by Crippen LogP contribution is -2.41. The third-order valence-corrected chi connectivity index (χ3v) is 7.12. The Balaban J connectivity index is 1.59. The van der Waals surface area contributed by atoms with Crippen LogP contribution in [0.25, 0.3) is 0 Å². The van der Waals surface area contributed by atoms with Crippen LogP contribution in [0, 0.1) is 0 Å². The molecule has 0 radical (unpaired) electrons. The fourth-order valence-electron chi connectivity index (χ4n) is 4.97. The molecular weight excluding hydrogens is 476 g/mol. The summed E-state index contributed by atoms with van der Waals surface area (Å²) in [5.41, 5.74) is 4.83. The second-order valence-electron chi connectivity index (χ2n) is 9.45. The van der Waals surface area contributed by atoms with E-state index in [1.165, 1.54) is 0 Å². The Labute approximate surface area is 217 Å². The Kier molecular flexibility index (Phi) is 7.08. The van der Waals surface area contributed by atoms with Crippen LogP contribution in [0.3, 0.4) is 0 Å². The van der Waals surface area contributed by atoms with Crippen molar-refractivity contribution < 1.29 is 19.0 Å². The molecule has 2 aliphatic heterocycles. The molecule has 0 aliphatic carbocycles. The maximum Gasteiger partial charge on any atom is 0.232 e. The van der Waals surface area contributed by atoms with Crippen molar-refractivity contribution in [1.29, 1.82) is 0 Å². The summed E-state index contributed by atoms with van der Waals surface area (Å²) < 4.78 is 17.6. The van der Waals surface area contributed by atoms with E-state index in [4.69, 9.17) is 25.8 Å². The zero-order chi connectivity index (χ0) is 25.2. The first-order valence-corrected chi connectivity index (χ1v) is 12.6. The van der Waals surface area contributed by atoms with Crippen molar-refractivity contribution in [3.8, 4) is 11.5 Å². The van der Waals surface area contributed by atoms with Crippen LogP contribution in [-0.4, -0.2) is 46.4 Å². The molecule has 188 valence electrons. The largest absolute Gasteiger partial charge is 0.493 e. The number of carbonyl (C=O) groups is 1. The molecule has 0 N–H and O–H groups in total. The monoisotopic (exact) mass is 506 g/mol. The zero-order valence-corrected chi connectivity index (χ0v) is 21.6. The maximum atomic E-state index is 13.6. The van der Waals surface area contributed by atoms with Crippen LogP contribution in [0.2, 0.25) is 5.02 Å². The summed E-state index contributed by atoms with van der Waals surface area (Å²) >= 11 is 6.21. The second kappa shape index (κ2) is 10.4. The predicted molar refractivity (Wildman–Crippen MR) is 143 cm³/mol. The van der Waals surface area contributed by atoms with Gasteiger partial charge in [0.2, 0.25) is 5.91 Å². The fourth-order valence-corrected chi connectivity index (χ4v) is 5.09. The molecule has 1 saturated heterocycles. The second-order valence-corrected chi connectivity index (χ2v) is 9.89. The van der Waals surface area contributed by atoms with E-state index >= 15 is 0 Å². The number of rotatable bonds is 7. The summed E-state index contributed by atoms with van der Waals surface area (Å²) in [6.07, 6.45) is 2.41. The van der Waals surface area contributed by atoms with Gasteiger partial charge < -0.3 is 24.0 Å². The molecule has 1 amide bonds. The molecule has 0 saturated carbocycles. The Bertz CT molecular complexity index is 1220. The highest BCUT2D eigenvalue weighted by atomic mass is 35.5. The first-order chi connectivity index (χ1) is 17.4. The van der Waals surface area contributed by atoms with E-state index in [2.05, 4.69) is 0 Å². The molecule has 5 rings (SSSR count). The third kappa shape index (κ3) is 4.88. The van der Waals surface area contributed by atoms with Crippen LogP contribution in [0.4, 0.5) is 11.4 Å². The average molecular weight is 507 g/mol. The van der Waals surface area contributed by atoms with Gasteiger partial charge in [-0.2, -0.15) is 0 Å². The van der Waals surface area contributed by atoms with Crippen molar-refractivity contribution in [2.24, 2.45) is 0 Å². The smallest absolute Gasteiger partial charge is 0.232 e. The molecule has 0 spiro atoms. The summed E-state index contributed by atoms with van der Waals surface area (Å²) in [5.74, 6) is 1.30. The molecule has 2 aliphatic rings. The van der Waals surface area contributed by atoms with E-state index in [1.54, 1.807) is 7.11 Å². The molecule has 7 heteroatoms. The number of benzene rings is 3. The van der Waals surface area contributed by atoms with Gasteiger partial charge in [0.25, 0.3) is 0 Å². The minimum atomic E-state index is -0.334. The Morgan fingerprint density at radius 1 is 1.06 bits per heavy atom. The summed E-state index contributed by atoms with van der Waals surface area (Å²) in [7, 11) is 5.62. The highest BCUT2D eigenvalue weighted by Crippen LogP contribution is 2.44. The average Bonchev–Trinajstić information content (AvgIpc) is 3.41. The first kappa shape index (κ1) is 24.5. The predicted octanol–water partition coefficient (Wildman–Crippen LogP) is 5.65. The standard InChI is InChI=1S/C29H31ClN2O4/c1-31(2)22-10-12-23(13-11-22)32-28(33)16-20-15-26(34-3)27(36-18-24-5-4-14-35-24)17-25(20)29(32)19-6-8-21(30)9-7-19/h6-13,15,17,24,29H,4-5,14,16,18H2,1-3H3/t24-,29-/m0/s1. The van der Waals surface area contributed by atoms with Crippen molar-refractivity contribution in [3.05, 3.63) is 82.4 Å². The Hall–Kier alpha value is -3.22. The molecule has 3 aromatic carbocycles. The van der Waals surface area contributed by atoms with Crippen molar-refractivity contribution >= 4 is 28.9 Å². The lowest BCUT2D eigenvalue weighted by molar-refractivity contribution is -0.118. The molecular formula is C29H31ClN2O4. The minimum Gasteiger partial charge on any atom is -0.493 e. The SMILES string of the molecule is COc1cc2c(cc1OC[C@@H]1CCCO1)[C@H](c1ccc(Cl)cc1)N(c1ccc(N(C)C)cc1)C(=O)C2. The Morgan fingerprint density at radius 3 is 2.44 bits per heavy atom. The number of hydrogen-bond donors (Lipinski definition) is 0. The minimum absolute atomic E-state index is 0.0233. The van der Waals surface area contributed by atoms with Crippen LogP contribution in [0.5, 0.6) is 11.5 Å². The Morgan fingerprint density at radius 2 is 1.81 bits per heavy atom. The summed E-state index contributed by atoms with van der Waals surface area (Å²) in [4.78, 5) is 17.5. The molecule has 2 atom stereocenters. The van der Waals surface area contributed by atoms with E-state index in [9.17, 15) is 4.79 Å². The molecule has 1 fully saturated rings. The van der Waals surface area contributed by atoms with Gasteiger partial charge >= 0.3 is 0 Å². The number of nitrogens with zero attached hydrogens (tertiary/aromatic N) is 2. The van der Waals surface area contributed by atoms with Crippen LogP contribution in [-0.2, 0) is 16.0 Å². The van der Waals surface area contributed by atoms with Gasteiger partial charge in [-0.3, -0.25) is 4.79 Å². The molecule has 3 aromatic rings. The maximum absolute atomic E-state index is 13.6. The number of amides is 1. The van der Waals surface area contributed by atoms with E-state index in [1.807, 2.05) is 84.6 Å². The lowest BCUT2D eigenvalue weighted by atomic mass is 9.86. The molecule has 0 aromatic heterocycles. The highest BCUT2D eigenvalue weighted by molar-refractivity contribution is 6.30. The van der Waals surface area contributed by atoms with Crippen LogP contribution in [0.1, 0.15) is 35.6 Å². The van der Waals surface area contributed by atoms with Gasteiger partial charge in [0.05, 0.1) is 25.7 Å². The van der Waals surface area contributed by atoms with Crippen molar-refractivity contribution in [2.45, 2.75) is 31.4 Å². The van der Waals surface area contributed by atoms with E-state index in [-0.39, 0.29) is 24.5 Å². The number of hydrogen-bond acceptors (Lipinski definition) is 5. The quantitative estimate of drug-likeness (QED) is 0.414. The zero-order valence-electron chi connectivity index (χ0n) is 20.9. The van der Waals surface area contributed by atoms with Crippen molar-refractivity contribution in [1.82, 2.24) is 0 Å². The molecule has 36 heavy (non-hydrogen) atoms.